The number of carbonyl (C=O) groups excluding carboxylic acids is 1. The average molecular weight is 267 g/mol. The topological polar surface area (TPSA) is 58.4 Å². The highest BCUT2D eigenvalue weighted by molar-refractivity contribution is 5.95. The van der Waals surface area contributed by atoms with Crippen LogP contribution in [0.15, 0.2) is 18.2 Å². The van der Waals surface area contributed by atoms with Crippen LogP contribution in [0.4, 0.5) is 10.1 Å². The van der Waals surface area contributed by atoms with Crippen molar-refractivity contribution in [2.75, 3.05) is 31.9 Å². The van der Waals surface area contributed by atoms with Crippen LogP contribution in [0.3, 0.4) is 0 Å². The smallest absolute Gasteiger partial charge is 0.254 e. The van der Waals surface area contributed by atoms with Crippen LogP contribution in [0.2, 0.25) is 0 Å². The summed E-state index contributed by atoms with van der Waals surface area (Å²) in [4.78, 5) is 14.1. The van der Waals surface area contributed by atoms with Gasteiger partial charge in [0.2, 0.25) is 0 Å². The van der Waals surface area contributed by atoms with E-state index >= 15 is 0 Å². The van der Waals surface area contributed by atoms with E-state index in [-0.39, 0.29) is 5.56 Å². The highest BCUT2D eigenvalue weighted by atomic mass is 19.1. The Labute approximate surface area is 113 Å². The van der Waals surface area contributed by atoms with Gasteiger partial charge in [-0.3, -0.25) is 4.79 Å². The van der Waals surface area contributed by atoms with Crippen molar-refractivity contribution in [3.63, 3.8) is 0 Å². The highest BCUT2D eigenvalue weighted by Crippen LogP contribution is 2.11. The van der Waals surface area contributed by atoms with Gasteiger partial charge >= 0.3 is 0 Å². The fraction of sp³-hybridized carbons (Fsp3) is 0.500. The Hall–Kier alpha value is -1.62. The second kappa shape index (κ2) is 7.74. The van der Waals surface area contributed by atoms with Crippen LogP contribution < -0.4 is 11.1 Å². The molecule has 0 aliphatic heterocycles. The van der Waals surface area contributed by atoms with Gasteiger partial charge in [-0.2, -0.15) is 0 Å². The van der Waals surface area contributed by atoms with E-state index < -0.39 is 11.7 Å². The standard InChI is InChI=1S/C14H22FN3O/c1-3-18(4-2)9-5-8-17-14(19)12-10-11(16)6-7-13(12)15/h6-7,10H,3-5,8-9,16H2,1-2H3,(H,17,19). The van der Waals surface area contributed by atoms with Gasteiger partial charge in [0.15, 0.2) is 0 Å². The Bertz CT molecular complexity index is 419. The largest absolute Gasteiger partial charge is 0.399 e. The molecule has 1 aromatic rings. The summed E-state index contributed by atoms with van der Waals surface area (Å²) in [6, 6.07) is 4.00. The minimum atomic E-state index is -0.546. The molecule has 0 spiro atoms. The molecule has 0 heterocycles. The normalized spacial score (nSPS) is 10.7. The molecule has 5 heteroatoms. The second-order valence-corrected chi connectivity index (χ2v) is 4.38. The summed E-state index contributed by atoms with van der Waals surface area (Å²) in [5.41, 5.74) is 5.93. The van der Waals surface area contributed by atoms with E-state index in [0.29, 0.717) is 12.2 Å². The lowest BCUT2D eigenvalue weighted by Gasteiger charge is -2.17. The minimum Gasteiger partial charge on any atom is -0.399 e. The number of carbonyl (C=O) groups is 1. The molecule has 0 saturated carbocycles. The van der Waals surface area contributed by atoms with Gasteiger partial charge < -0.3 is 16.0 Å². The summed E-state index contributed by atoms with van der Waals surface area (Å²) in [6.45, 7) is 7.65. The van der Waals surface area contributed by atoms with E-state index in [2.05, 4.69) is 24.1 Å². The van der Waals surface area contributed by atoms with Crippen molar-refractivity contribution in [1.29, 1.82) is 0 Å². The van der Waals surface area contributed by atoms with E-state index in [0.717, 1.165) is 26.1 Å². The monoisotopic (exact) mass is 267 g/mol. The first-order valence-corrected chi connectivity index (χ1v) is 6.64. The number of nitrogen functional groups attached to an aromatic ring is 1. The van der Waals surface area contributed by atoms with Crippen LogP contribution in [0.1, 0.15) is 30.6 Å². The number of hydrogen-bond acceptors (Lipinski definition) is 3. The summed E-state index contributed by atoms with van der Waals surface area (Å²) in [6.07, 6.45) is 0.845. The fourth-order valence-electron chi connectivity index (χ4n) is 1.86. The molecule has 3 N–H and O–H groups in total. The molecule has 1 amide bonds. The zero-order chi connectivity index (χ0) is 14.3. The molecule has 0 atom stereocenters. The molecule has 1 aromatic carbocycles. The van der Waals surface area contributed by atoms with Crippen LogP contribution in [-0.4, -0.2) is 37.0 Å². The predicted octanol–water partition coefficient (Wildman–Crippen LogP) is 1.87. The molecule has 0 unspecified atom stereocenters. The molecule has 1 rings (SSSR count). The molecule has 19 heavy (non-hydrogen) atoms. The Morgan fingerprint density at radius 3 is 2.68 bits per heavy atom. The molecular formula is C14H22FN3O. The van der Waals surface area contributed by atoms with Gasteiger partial charge in [-0.05, 0) is 44.3 Å². The van der Waals surface area contributed by atoms with E-state index in [1.54, 1.807) is 0 Å². The molecule has 0 bridgehead atoms. The Balaban J connectivity index is 2.41. The van der Waals surface area contributed by atoms with Crippen molar-refractivity contribution in [3.8, 4) is 0 Å². The number of anilines is 1. The molecule has 0 radical (unpaired) electrons. The first-order chi connectivity index (χ1) is 9.08. The number of benzene rings is 1. The first-order valence-electron chi connectivity index (χ1n) is 6.64. The van der Waals surface area contributed by atoms with Crippen LogP contribution in [0, 0.1) is 5.82 Å². The van der Waals surface area contributed by atoms with Crippen LogP contribution in [0.5, 0.6) is 0 Å². The van der Waals surface area contributed by atoms with Crippen LogP contribution in [0.25, 0.3) is 0 Å². The predicted molar refractivity (Wildman–Crippen MR) is 75.6 cm³/mol. The van der Waals surface area contributed by atoms with Crippen LogP contribution >= 0.6 is 0 Å². The Kier molecular flexibility index (Phi) is 6.29. The maximum absolute atomic E-state index is 13.4. The number of rotatable bonds is 7. The molecule has 0 saturated heterocycles. The third-order valence-electron chi connectivity index (χ3n) is 3.07. The van der Waals surface area contributed by atoms with E-state index in [1.807, 2.05) is 0 Å². The number of halogens is 1. The van der Waals surface area contributed by atoms with E-state index in [9.17, 15) is 9.18 Å². The zero-order valence-corrected chi connectivity index (χ0v) is 11.6. The van der Waals surface area contributed by atoms with Gasteiger partial charge in [0, 0.05) is 12.2 Å². The summed E-state index contributed by atoms with van der Waals surface area (Å²) in [7, 11) is 0. The van der Waals surface area contributed by atoms with Crippen molar-refractivity contribution in [2.45, 2.75) is 20.3 Å². The maximum atomic E-state index is 13.4. The molecule has 0 fully saturated rings. The van der Waals surface area contributed by atoms with Gasteiger partial charge in [0.1, 0.15) is 5.82 Å². The molecule has 106 valence electrons. The zero-order valence-electron chi connectivity index (χ0n) is 11.6. The Morgan fingerprint density at radius 2 is 2.05 bits per heavy atom. The molecule has 4 nitrogen and oxygen atoms in total. The number of amides is 1. The van der Waals surface area contributed by atoms with Gasteiger partial charge in [0.25, 0.3) is 5.91 Å². The van der Waals surface area contributed by atoms with Crippen molar-refractivity contribution in [2.24, 2.45) is 0 Å². The van der Waals surface area contributed by atoms with Crippen molar-refractivity contribution in [3.05, 3.63) is 29.6 Å². The minimum absolute atomic E-state index is 0.00263. The number of nitrogens with two attached hydrogens (primary N) is 1. The average Bonchev–Trinajstić information content (AvgIpc) is 2.41. The highest BCUT2D eigenvalue weighted by Gasteiger charge is 2.11. The fourth-order valence-corrected chi connectivity index (χ4v) is 1.86. The number of nitrogens with one attached hydrogen (secondary N) is 1. The lowest BCUT2D eigenvalue weighted by Crippen LogP contribution is -2.30. The summed E-state index contributed by atoms with van der Waals surface area (Å²) in [5, 5.41) is 2.71. The van der Waals surface area contributed by atoms with Gasteiger partial charge in [-0.25, -0.2) is 4.39 Å². The maximum Gasteiger partial charge on any atom is 0.254 e. The van der Waals surface area contributed by atoms with Crippen molar-refractivity contribution >= 4 is 11.6 Å². The lowest BCUT2D eigenvalue weighted by molar-refractivity contribution is 0.0948. The van der Waals surface area contributed by atoms with E-state index in [1.165, 1.54) is 18.2 Å². The Morgan fingerprint density at radius 1 is 1.37 bits per heavy atom. The molecule has 0 aromatic heterocycles. The SMILES string of the molecule is CCN(CC)CCCNC(=O)c1cc(N)ccc1F. The number of nitrogens with zero attached hydrogens (tertiary/aromatic N) is 1. The molecule has 0 aliphatic rings. The van der Waals surface area contributed by atoms with Gasteiger partial charge in [-0.1, -0.05) is 13.8 Å². The summed E-state index contributed by atoms with van der Waals surface area (Å²) < 4.78 is 13.4. The third-order valence-corrected chi connectivity index (χ3v) is 3.07. The molecular weight excluding hydrogens is 245 g/mol. The lowest BCUT2D eigenvalue weighted by atomic mass is 10.1. The second-order valence-electron chi connectivity index (χ2n) is 4.38. The summed E-state index contributed by atoms with van der Waals surface area (Å²) in [5.74, 6) is -0.959. The van der Waals surface area contributed by atoms with Crippen molar-refractivity contribution < 1.29 is 9.18 Å². The summed E-state index contributed by atoms with van der Waals surface area (Å²) >= 11 is 0. The third kappa shape index (κ3) is 4.87. The van der Waals surface area contributed by atoms with Crippen LogP contribution in [-0.2, 0) is 0 Å². The van der Waals surface area contributed by atoms with Gasteiger partial charge in [-0.15, -0.1) is 0 Å². The quantitative estimate of drug-likeness (QED) is 0.585. The number of hydrogen-bond donors (Lipinski definition) is 2. The van der Waals surface area contributed by atoms with Crippen molar-refractivity contribution in [1.82, 2.24) is 10.2 Å². The first kappa shape index (κ1) is 15.4. The molecule has 0 aliphatic carbocycles. The van der Waals surface area contributed by atoms with Gasteiger partial charge in [0.05, 0.1) is 5.56 Å². The van der Waals surface area contributed by atoms with E-state index in [4.69, 9.17) is 5.73 Å².